The van der Waals surface area contributed by atoms with Crippen LogP contribution in [-0.2, 0) is 0 Å². The zero-order valence-corrected chi connectivity index (χ0v) is 11.3. The van der Waals surface area contributed by atoms with Gasteiger partial charge in [-0.3, -0.25) is 0 Å². The Kier molecular flexibility index (Phi) is 3.28. The standard InChI is InChI=1S/C12H18N4S/c1-7-4-9(7)6-16(3)12-14-8(2)5-10(15-12)11(13)17/h5,7,9H,4,6H2,1-3H3,(H2,13,17). The van der Waals surface area contributed by atoms with Gasteiger partial charge in [-0.25, -0.2) is 9.97 Å². The Morgan fingerprint density at radius 1 is 1.59 bits per heavy atom. The molecule has 1 saturated carbocycles. The number of hydrogen-bond donors (Lipinski definition) is 1. The SMILES string of the molecule is Cc1cc(C(N)=S)nc(N(C)CC2CC2C)n1. The summed E-state index contributed by atoms with van der Waals surface area (Å²) in [6, 6.07) is 1.82. The first kappa shape index (κ1) is 12.2. The highest BCUT2D eigenvalue weighted by Gasteiger charge is 2.33. The minimum atomic E-state index is 0.324. The summed E-state index contributed by atoms with van der Waals surface area (Å²) in [5.41, 5.74) is 7.16. The second kappa shape index (κ2) is 4.56. The van der Waals surface area contributed by atoms with Gasteiger partial charge in [0.1, 0.15) is 10.7 Å². The van der Waals surface area contributed by atoms with Crippen LogP contribution in [-0.4, -0.2) is 28.5 Å². The molecule has 0 radical (unpaired) electrons. The molecule has 4 nitrogen and oxygen atoms in total. The van der Waals surface area contributed by atoms with Crippen molar-refractivity contribution in [3.05, 3.63) is 17.5 Å². The molecule has 0 aliphatic heterocycles. The van der Waals surface area contributed by atoms with Crippen LogP contribution in [0.2, 0.25) is 0 Å². The molecule has 1 aliphatic rings. The highest BCUT2D eigenvalue weighted by Crippen LogP contribution is 2.38. The van der Waals surface area contributed by atoms with Crippen molar-refractivity contribution in [1.82, 2.24) is 9.97 Å². The normalized spacial score (nSPS) is 22.3. The number of anilines is 1. The van der Waals surface area contributed by atoms with E-state index in [2.05, 4.69) is 21.8 Å². The Morgan fingerprint density at radius 3 is 2.76 bits per heavy atom. The molecule has 17 heavy (non-hydrogen) atoms. The van der Waals surface area contributed by atoms with Gasteiger partial charge >= 0.3 is 0 Å². The third-order valence-corrected chi connectivity index (χ3v) is 3.43. The molecule has 2 unspecified atom stereocenters. The average molecular weight is 250 g/mol. The van der Waals surface area contributed by atoms with E-state index in [9.17, 15) is 0 Å². The van der Waals surface area contributed by atoms with E-state index in [1.165, 1.54) is 6.42 Å². The van der Waals surface area contributed by atoms with Crippen molar-refractivity contribution < 1.29 is 0 Å². The molecule has 0 spiro atoms. The number of nitrogens with zero attached hydrogens (tertiary/aromatic N) is 3. The van der Waals surface area contributed by atoms with Crippen molar-refractivity contribution in [2.45, 2.75) is 20.3 Å². The molecule has 1 aromatic rings. The van der Waals surface area contributed by atoms with Crippen LogP contribution in [0.3, 0.4) is 0 Å². The van der Waals surface area contributed by atoms with Crippen molar-refractivity contribution in [1.29, 1.82) is 0 Å². The van der Waals surface area contributed by atoms with Gasteiger partial charge in [-0.1, -0.05) is 19.1 Å². The fraction of sp³-hybridized carbons (Fsp3) is 0.583. The van der Waals surface area contributed by atoms with Gasteiger partial charge in [0.05, 0.1) is 0 Å². The highest BCUT2D eigenvalue weighted by molar-refractivity contribution is 7.80. The lowest BCUT2D eigenvalue weighted by Gasteiger charge is -2.17. The summed E-state index contributed by atoms with van der Waals surface area (Å²) in [6.07, 6.45) is 1.30. The van der Waals surface area contributed by atoms with Crippen LogP contribution in [0.5, 0.6) is 0 Å². The molecule has 0 amide bonds. The largest absolute Gasteiger partial charge is 0.388 e. The van der Waals surface area contributed by atoms with E-state index in [-0.39, 0.29) is 0 Å². The predicted octanol–water partition coefficient (Wildman–Crippen LogP) is 1.51. The number of aromatic nitrogens is 2. The summed E-state index contributed by atoms with van der Waals surface area (Å²) in [6.45, 7) is 5.21. The molecule has 1 fully saturated rings. The molecule has 1 aliphatic carbocycles. The summed E-state index contributed by atoms with van der Waals surface area (Å²) in [5, 5.41) is 0. The maximum absolute atomic E-state index is 5.61. The minimum Gasteiger partial charge on any atom is -0.388 e. The van der Waals surface area contributed by atoms with E-state index < -0.39 is 0 Å². The number of hydrogen-bond acceptors (Lipinski definition) is 4. The molecule has 1 heterocycles. The van der Waals surface area contributed by atoms with E-state index in [1.807, 2.05) is 20.0 Å². The van der Waals surface area contributed by atoms with Gasteiger partial charge in [-0.05, 0) is 31.2 Å². The number of nitrogens with two attached hydrogens (primary N) is 1. The lowest BCUT2D eigenvalue weighted by molar-refractivity contribution is 0.710. The number of rotatable bonds is 4. The van der Waals surface area contributed by atoms with Crippen LogP contribution >= 0.6 is 12.2 Å². The van der Waals surface area contributed by atoms with Crippen LogP contribution in [0.4, 0.5) is 5.95 Å². The van der Waals surface area contributed by atoms with Crippen LogP contribution < -0.4 is 10.6 Å². The zero-order chi connectivity index (χ0) is 12.6. The van der Waals surface area contributed by atoms with Crippen molar-refractivity contribution in [2.24, 2.45) is 17.6 Å². The van der Waals surface area contributed by atoms with Gasteiger partial charge in [0.2, 0.25) is 5.95 Å². The van der Waals surface area contributed by atoms with Crippen molar-refractivity contribution >= 4 is 23.2 Å². The molecular weight excluding hydrogens is 232 g/mol. The van der Waals surface area contributed by atoms with Crippen LogP contribution in [0, 0.1) is 18.8 Å². The zero-order valence-electron chi connectivity index (χ0n) is 10.5. The Labute approximate surface area is 107 Å². The molecule has 0 aromatic carbocycles. The van der Waals surface area contributed by atoms with E-state index >= 15 is 0 Å². The van der Waals surface area contributed by atoms with Gasteiger partial charge in [0, 0.05) is 19.3 Å². The van der Waals surface area contributed by atoms with Crippen molar-refractivity contribution in [3.8, 4) is 0 Å². The summed E-state index contributed by atoms with van der Waals surface area (Å²) < 4.78 is 0. The fourth-order valence-electron chi connectivity index (χ4n) is 1.94. The maximum atomic E-state index is 5.61. The molecule has 0 saturated heterocycles. The summed E-state index contributed by atoms with van der Waals surface area (Å²) in [4.78, 5) is 11.2. The van der Waals surface area contributed by atoms with Gasteiger partial charge in [0.15, 0.2) is 0 Å². The van der Waals surface area contributed by atoms with Gasteiger partial charge < -0.3 is 10.6 Å². The summed E-state index contributed by atoms with van der Waals surface area (Å²) in [5.74, 6) is 2.32. The van der Waals surface area contributed by atoms with Gasteiger partial charge in [-0.15, -0.1) is 0 Å². The van der Waals surface area contributed by atoms with E-state index in [4.69, 9.17) is 18.0 Å². The van der Waals surface area contributed by atoms with Gasteiger partial charge in [0.25, 0.3) is 0 Å². The quantitative estimate of drug-likeness (QED) is 0.821. The Bertz CT molecular complexity index is 446. The molecule has 5 heteroatoms. The smallest absolute Gasteiger partial charge is 0.225 e. The second-order valence-electron chi connectivity index (χ2n) is 4.91. The Hall–Kier alpha value is -1.23. The fourth-order valence-corrected chi connectivity index (χ4v) is 2.04. The number of thiocarbonyl (C=S) groups is 1. The second-order valence-corrected chi connectivity index (χ2v) is 5.35. The van der Waals surface area contributed by atoms with Crippen LogP contribution in [0.1, 0.15) is 24.7 Å². The third kappa shape index (κ3) is 2.91. The van der Waals surface area contributed by atoms with Gasteiger partial charge in [-0.2, -0.15) is 0 Å². The Morgan fingerprint density at radius 2 is 2.24 bits per heavy atom. The molecule has 2 rings (SSSR count). The van der Waals surface area contributed by atoms with E-state index in [0.29, 0.717) is 16.6 Å². The monoisotopic (exact) mass is 250 g/mol. The average Bonchev–Trinajstić information content (AvgIpc) is 2.93. The molecular formula is C12H18N4S. The molecule has 0 bridgehead atoms. The minimum absolute atomic E-state index is 0.324. The van der Waals surface area contributed by atoms with Crippen molar-refractivity contribution in [2.75, 3.05) is 18.5 Å². The first-order valence-corrected chi connectivity index (χ1v) is 6.25. The maximum Gasteiger partial charge on any atom is 0.225 e. The first-order chi connectivity index (χ1) is 7.97. The molecule has 2 N–H and O–H groups in total. The number of aryl methyl sites for hydroxylation is 1. The van der Waals surface area contributed by atoms with Crippen molar-refractivity contribution in [3.63, 3.8) is 0 Å². The Balaban J connectivity index is 2.16. The predicted molar refractivity (Wildman–Crippen MR) is 73.2 cm³/mol. The van der Waals surface area contributed by atoms with Crippen LogP contribution in [0.25, 0.3) is 0 Å². The summed E-state index contributed by atoms with van der Waals surface area (Å²) in [7, 11) is 2.02. The highest BCUT2D eigenvalue weighted by atomic mass is 32.1. The lowest BCUT2D eigenvalue weighted by Crippen LogP contribution is -2.24. The topological polar surface area (TPSA) is 55.0 Å². The van der Waals surface area contributed by atoms with Crippen LogP contribution in [0.15, 0.2) is 6.07 Å². The van der Waals surface area contributed by atoms with E-state index in [0.717, 1.165) is 24.1 Å². The third-order valence-electron chi connectivity index (χ3n) is 3.22. The summed E-state index contributed by atoms with van der Waals surface area (Å²) >= 11 is 4.96. The molecule has 1 aromatic heterocycles. The lowest BCUT2D eigenvalue weighted by atomic mass is 10.3. The molecule has 92 valence electrons. The first-order valence-electron chi connectivity index (χ1n) is 5.84. The van der Waals surface area contributed by atoms with E-state index in [1.54, 1.807) is 0 Å². The molecule has 2 atom stereocenters.